The van der Waals surface area contributed by atoms with Crippen LogP contribution in [0, 0.1) is 0 Å². The zero-order valence-corrected chi connectivity index (χ0v) is 25.1. The number of phosphoric acid groups is 1. The first-order chi connectivity index (χ1) is 20.0. The van der Waals surface area contributed by atoms with Gasteiger partial charge in [0.1, 0.15) is 60.5 Å². The van der Waals surface area contributed by atoms with Gasteiger partial charge in [-0.05, 0) is 23.3 Å². The molecular weight excluding hydrogens is 663 g/mol. The Morgan fingerprint density at radius 2 is 1.95 bits per heavy atom. The Hall–Kier alpha value is -1.35. The van der Waals surface area contributed by atoms with Crippen molar-refractivity contribution in [3.8, 4) is 0 Å². The molecule has 240 valence electrons. The molecule has 17 nitrogen and oxygen atoms in total. The summed E-state index contributed by atoms with van der Waals surface area (Å²) in [6.45, 7) is -3.32. The number of aromatic nitrogens is 2. The van der Waals surface area contributed by atoms with Crippen molar-refractivity contribution in [1.82, 2.24) is 9.97 Å². The van der Waals surface area contributed by atoms with E-state index in [2.05, 4.69) is 31.1 Å². The molecule has 0 radical (unpaired) electrons. The van der Waals surface area contributed by atoms with Crippen LogP contribution in [0.3, 0.4) is 0 Å². The molecule has 0 bridgehead atoms. The highest BCUT2D eigenvalue weighted by atomic mass is 32.5. The highest BCUT2D eigenvalue weighted by Gasteiger charge is 2.56. The minimum atomic E-state index is -5.52. The van der Waals surface area contributed by atoms with Crippen molar-refractivity contribution in [2.75, 3.05) is 18.9 Å². The lowest BCUT2D eigenvalue weighted by Crippen LogP contribution is -2.60. The molecule has 2 fully saturated rings. The first-order valence-corrected chi connectivity index (χ1v) is 17.1. The molecule has 22 heteroatoms. The average Bonchev–Trinajstić information content (AvgIpc) is 3.46. The summed E-state index contributed by atoms with van der Waals surface area (Å²) in [6, 6.07) is 0. The molecule has 0 spiro atoms. The van der Waals surface area contributed by atoms with Crippen molar-refractivity contribution < 1.29 is 72.2 Å². The predicted octanol–water partition coefficient (Wildman–Crippen LogP) is -1.35. The molecule has 2 aromatic heterocycles. The van der Waals surface area contributed by atoms with E-state index in [1.54, 1.807) is 5.38 Å². The first kappa shape index (κ1) is 34.5. The van der Waals surface area contributed by atoms with E-state index in [1.165, 1.54) is 6.33 Å². The normalized spacial score (nSPS) is 36.5. The molecule has 0 aromatic carbocycles. The van der Waals surface area contributed by atoms with Crippen LogP contribution in [-0.2, 0) is 39.2 Å². The Morgan fingerprint density at radius 3 is 2.60 bits per heavy atom. The number of hydrogen-bond donors (Lipinski definition) is 9. The summed E-state index contributed by atoms with van der Waals surface area (Å²) in [7, 11) is -5.52. The molecule has 0 saturated carbocycles. The second-order valence-electron chi connectivity index (χ2n) is 9.42. The molecule has 2 aliphatic heterocycles. The molecule has 12 atom stereocenters. The third-order valence-corrected chi connectivity index (χ3v) is 11.1. The zero-order chi connectivity index (χ0) is 31.9. The van der Waals surface area contributed by atoms with E-state index in [4.69, 9.17) is 36.6 Å². The summed E-state index contributed by atoms with van der Waals surface area (Å²) >= 11 is 5.90. The third kappa shape index (κ3) is 7.07. The van der Waals surface area contributed by atoms with E-state index >= 15 is 0 Å². The summed E-state index contributed by atoms with van der Waals surface area (Å²) < 4.78 is 51.9. The molecule has 2 aliphatic rings. The van der Waals surface area contributed by atoms with Crippen LogP contribution in [0.25, 0.3) is 10.2 Å². The Bertz CT molecular complexity index is 1470. The fourth-order valence-corrected chi connectivity index (χ4v) is 8.53. The van der Waals surface area contributed by atoms with Crippen molar-refractivity contribution in [3.05, 3.63) is 35.7 Å². The third-order valence-electron chi connectivity index (χ3n) is 6.56. The van der Waals surface area contributed by atoms with Gasteiger partial charge in [-0.2, -0.15) is 0 Å². The summed E-state index contributed by atoms with van der Waals surface area (Å²) in [5, 5.41) is 62.7. The first-order valence-electron chi connectivity index (χ1n) is 12.1. The van der Waals surface area contributed by atoms with Gasteiger partial charge in [-0.15, -0.1) is 17.1 Å². The van der Waals surface area contributed by atoms with Crippen LogP contribution in [0.4, 0.5) is 10.2 Å². The van der Waals surface area contributed by atoms with Crippen LogP contribution >= 0.6 is 25.9 Å². The van der Waals surface area contributed by atoms with E-state index in [-0.39, 0.29) is 5.82 Å². The number of nitrogens with zero attached hydrogens (tertiary/aromatic N) is 2. The Morgan fingerprint density at radius 1 is 1.26 bits per heavy atom. The van der Waals surface area contributed by atoms with Crippen LogP contribution in [-0.4, -0.2) is 118 Å². The summed E-state index contributed by atoms with van der Waals surface area (Å²) in [4.78, 5) is 28.6. The largest absolute Gasteiger partial charge is 0.481 e. The number of phosphoric ester groups is 1. The maximum atomic E-state index is 14.0. The van der Waals surface area contributed by atoms with E-state index in [0.29, 0.717) is 15.8 Å². The number of rotatable bonds is 11. The molecule has 0 amide bonds. The number of alkyl halides is 1. The Labute approximate surface area is 251 Å². The van der Waals surface area contributed by atoms with Crippen molar-refractivity contribution in [2.24, 2.45) is 0 Å². The molecule has 4 rings (SSSR count). The number of aliphatic hydroxyl groups is 6. The second-order valence-corrected chi connectivity index (χ2v) is 14.7. The number of nitrogens with two attached hydrogens (primary N) is 1. The van der Waals surface area contributed by atoms with Gasteiger partial charge in [-0.3, -0.25) is 4.52 Å². The van der Waals surface area contributed by atoms with E-state index in [9.17, 15) is 44.3 Å². The van der Waals surface area contributed by atoms with Gasteiger partial charge in [0.05, 0.1) is 23.4 Å². The number of aliphatic hydroxyl groups excluding tert-OH is 5. The minimum absolute atomic E-state index is 0.168. The molecule has 2 saturated heterocycles. The van der Waals surface area contributed by atoms with Gasteiger partial charge in [0.15, 0.2) is 12.5 Å². The predicted molar refractivity (Wildman–Crippen MR) is 147 cm³/mol. The van der Waals surface area contributed by atoms with Crippen molar-refractivity contribution >= 4 is 53.7 Å². The number of ether oxygens (including phenoxy) is 2. The van der Waals surface area contributed by atoms with Gasteiger partial charge >= 0.3 is 14.5 Å². The summed E-state index contributed by atoms with van der Waals surface area (Å²) in [6.07, 6.45) is -15.2. The number of hydrogen-bond acceptors (Lipinski definition) is 17. The summed E-state index contributed by atoms with van der Waals surface area (Å²) in [5.41, 5.74) is 6.74. The van der Waals surface area contributed by atoms with Crippen LogP contribution < -0.4 is 5.73 Å². The molecular formula is C21H28FN3O14P2S2. The van der Waals surface area contributed by atoms with Gasteiger partial charge in [-0.25, -0.2) is 23.2 Å². The zero-order valence-electron chi connectivity index (χ0n) is 21.6. The van der Waals surface area contributed by atoms with Crippen LogP contribution in [0.15, 0.2) is 30.1 Å². The molecule has 2 aromatic rings. The molecule has 43 heavy (non-hydrogen) atoms. The van der Waals surface area contributed by atoms with Gasteiger partial charge in [0.2, 0.25) is 0 Å². The fraction of sp³-hybridized carbons (Fsp3) is 0.571. The van der Waals surface area contributed by atoms with E-state index in [0.717, 1.165) is 17.4 Å². The Kier molecular flexibility index (Phi) is 10.6. The molecule has 10 N–H and O–H groups in total. The smallest absolute Gasteiger partial charge is 0.393 e. The number of halogens is 1. The van der Waals surface area contributed by atoms with Gasteiger partial charge in [0, 0.05) is 5.56 Å². The highest BCUT2D eigenvalue weighted by molar-refractivity contribution is 8.08. The van der Waals surface area contributed by atoms with Crippen LogP contribution in [0.2, 0.25) is 0 Å². The lowest BCUT2D eigenvalue weighted by atomic mass is 9.87. The van der Waals surface area contributed by atoms with Crippen molar-refractivity contribution in [3.63, 3.8) is 0 Å². The quantitative estimate of drug-likeness (QED) is 0.0973. The minimum Gasteiger partial charge on any atom is -0.393 e. The molecule has 0 aliphatic carbocycles. The van der Waals surface area contributed by atoms with Crippen LogP contribution in [0.1, 0.15) is 11.7 Å². The lowest BCUT2D eigenvalue weighted by molar-refractivity contribution is -0.287. The average molecular weight is 692 g/mol. The number of thiophene rings is 1. The van der Waals surface area contributed by atoms with Crippen molar-refractivity contribution in [1.29, 1.82) is 0 Å². The standard InChI is InChI=1S/C21H28FN3O14P2S2/c1-2-3-21(31)17(30)10(36-18(21)8-6-43-16-11(8)24-7-25-19(16)23)5-35-41(34,42)39-40(32,33)38-20-14(29)12(27)13(28)15(37-20)9(22)4-26/h3,6-7,9-10,12-15,17-18,20,26-31H,1,4-5H2,(H,32,33)(H,34,42)(H2,23,24,25)/t9-,10+,12?,13?,14?,15?,17+,18-,20?,21+,41?/m0/s1. The van der Waals surface area contributed by atoms with Crippen LogP contribution in [0.5, 0.6) is 0 Å². The van der Waals surface area contributed by atoms with E-state index < -0.39 is 88.5 Å². The number of fused-ring (bicyclic) bond motifs is 1. The summed E-state index contributed by atoms with van der Waals surface area (Å²) in [5.74, 6) is 0.168. The number of nitrogen functional groups attached to an aromatic ring is 1. The SMILES string of the molecule is C=C=C[C@@]1(O)[C@H](O)[C@@H](COP(O)(=S)OP(=O)(O)OC2OC([C@@H](F)CO)C(O)C(O)C2O)O[C@H]1c1csc2c(N)ncnc12. The van der Waals surface area contributed by atoms with Gasteiger partial charge < -0.3 is 60.2 Å². The monoisotopic (exact) mass is 691 g/mol. The fourth-order valence-electron chi connectivity index (χ4n) is 4.50. The van der Waals surface area contributed by atoms with E-state index in [1.807, 2.05) is 0 Å². The molecule has 4 heterocycles. The Balaban J connectivity index is 1.46. The van der Waals surface area contributed by atoms with Gasteiger partial charge in [-0.1, -0.05) is 6.58 Å². The second kappa shape index (κ2) is 13.2. The maximum Gasteiger partial charge on any atom is 0.481 e. The number of anilines is 1. The van der Waals surface area contributed by atoms with Crippen molar-refractivity contribution in [2.45, 2.75) is 60.8 Å². The maximum absolute atomic E-state index is 14.0. The lowest BCUT2D eigenvalue weighted by Gasteiger charge is -2.41. The molecule has 7 unspecified atom stereocenters. The topological polar surface area (TPSA) is 277 Å². The van der Waals surface area contributed by atoms with Gasteiger partial charge in [0.25, 0.3) is 0 Å². The highest BCUT2D eigenvalue weighted by Crippen LogP contribution is 2.62.